The van der Waals surface area contributed by atoms with Crippen LogP contribution in [-0.2, 0) is 44.7 Å². The second-order valence-corrected chi connectivity index (χ2v) is 14.2. The van der Waals surface area contributed by atoms with Gasteiger partial charge in [-0.15, -0.1) is 0 Å². The van der Waals surface area contributed by atoms with Gasteiger partial charge in [0.25, 0.3) is 0 Å². The lowest BCUT2D eigenvalue weighted by atomic mass is 9.96. The Morgan fingerprint density at radius 2 is 1.57 bits per heavy atom. The van der Waals surface area contributed by atoms with Crippen LogP contribution in [0.15, 0.2) is 30.3 Å². The van der Waals surface area contributed by atoms with Crippen molar-refractivity contribution in [2.45, 2.75) is 100 Å². The maximum atomic E-state index is 12.6. The Morgan fingerprint density at radius 3 is 2.21 bits per heavy atom. The number of thioether (sulfide) groups is 1. The number of carbonyl (C=O) groups is 5. The van der Waals surface area contributed by atoms with Crippen molar-refractivity contribution in [3.63, 3.8) is 0 Å². The molecule has 0 radical (unpaired) electrons. The summed E-state index contributed by atoms with van der Waals surface area (Å²) in [6.45, 7) is -0.743. The van der Waals surface area contributed by atoms with E-state index in [4.69, 9.17) is 24.1 Å². The minimum atomic E-state index is -1.82. The Bertz CT molecular complexity index is 1410. The van der Waals surface area contributed by atoms with Crippen LogP contribution in [0.2, 0.25) is 0 Å². The van der Waals surface area contributed by atoms with Crippen molar-refractivity contribution in [2.75, 3.05) is 44.4 Å². The van der Waals surface area contributed by atoms with Crippen molar-refractivity contribution >= 4 is 41.5 Å². The Labute approximate surface area is 326 Å². The van der Waals surface area contributed by atoms with Gasteiger partial charge in [-0.2, -0.15) is 11.8 Å². The van der Waals surface area contributed by atoms with Gasteiger partial charge in [0.05, 0.1) is 13.2 Å². The molecule has 11 atom stereocenters. The third-order valence-corrected chi connectivity index (χ3v) is 9.91. The number of aliphatic carboxylic acids is 1. The number of aliphatic hydroxyl groups is 7. The third kappa shape index (κ3) is 14.1. The molecule has 56 heavy (non-hydrogen) atoms. The molecule has 11 N–H and O–H groups in total. The monoisotopic (exact) mass is 820 g/mol. The molecule has 0 aromatic heterocycles. The van der Waals surface area contributed by atoms with Crippen LogP contribution in [0.5, 0.6) is 0 Å². The number of carboxylic acids is 1. The molecule has 2 saturated heterocycles. The molecule has 0 aliphatic carbocycles. The molecule has 1 aromatic rings. The van der Waals surface area contributed by atoms with Gasteiger partial charge in [0.2, 0.25) is 17.7 Å². The number of nitrogens with one attached hydrogen (secondary N) is 3. The first-order chi connectivity index (χ1) is 26.7. The van der Waals surface area contributed by atoms with Crippen molar-refractivity contribution < 1.29 is 83.8 Å². The van der Waals surface area contributed by atoms with E-state index in [0.717, 1.165) is 4.90 Å². The fourth-order valence-corrected chi connectivity index (χ4v) is 6.60. The summed E-state index contributed by atoms with van der Waals surface area (Å²) >= 11 is 1.42. The number of nitrogens with zero attached hydrogens (tertiary/aromatic N) is 1. The van der Waals surface area contributed by atoms with E-state index in [2.05, 4.69) is 16.0 Å². The highest BCUT2D eigenvalue weighted by Gasteiger charge is 2.51. The van der Waals surface area contributed by atoms with Gasteiger partial charge in [-0.05, 0) is 24.2 Å². The fraction of sp³-hybridized carbons (Fsp3) is 0.676. The largest absolute Gasteiger partial charge is 0.480 e. The molecule has 2 aliphatic rings. The van der Waals surface area contributed by atoms with Gasteiger partial charge in [0, 0.05) is 32.2 Å². The molecule has 316 valence electrons. The maximum absolute atomic E-state index is 12.6. The molecule has 0 bridgehead atoms. The number of carbonyl (C=O) groups excluding carboxylic acids is 4. The normalized spacial score (nSPS) is 28.1. The van der Waals surface area contributed by atoms with Crippen molar-refractivity contribution in [1.29, 1.82) is 0 Å². The minimum Gasteiger partial charge on any atom is -0.480 e. The lowest BCUT2D eigenvalue weighted by molar-refractivity contribution is -0.347. The number of hydrogen-bond acceptors (Lipinski definition) is 17. The number of ether oxygens (including phenoxy) is 4. The van der Waals surface area contributed by atoms with Crippen molar-refractivity contribution in [3.8, 4) is 0 Å². The summed E-state index contributed by atoms with van der Waals surface area (Å²) in [6.07, 6.45) is -17.0. The van der Waals surface area contributed by atoms with Gasteiger partial charge < -0.3 is 80.6 Å². The summed E-state index contributed by atoms with van der Waals surface area (Å²) in [6, 6.07) is 7.53. The molecule has 2 aliphatic heterocycles. The van der Waals surface area contributed by atoms with Gasteiger partial charge in [-0.1, -0.05) is 30.3 Å². The maximum Gasteiger partial charge on any atom is 0.408 e. The number of benzene rings is 1. The summed E-state index contributed by atoms with van der Waals surface area (Å²) in [5.41, 5.74) is 0.704. The van der Waals surface area contributed by atoms with Crippen LogP contribution in [0.3, 0.4) is 0 Å². The number of aliphatic hydroxyl groups excluding tert-OH is 7. The highest BCUT2D eigenvalue weighted by Crippen LogP contribution is 2.30. The summed E-state index contributed by atoms with van der Waals surface area (Å²) in [4.78, 5) is 62.0. The number of amides is 4. The molecule has 21 nitrogen and oxygen atoms in total. The van der Waals surface area contributed by atoms with Crippen LogP contribution >= 0.6 is 11.8 Å². The predicted molar refractivity (Wildman–Crippen MR) is 192 cm³/mol. The zero-order chi connectivity index (χ0) is 41.4. The predicted octanol–water partition coefficient (Wildman–Crippen LogP) is -4.03. The molecule has 0 unspecified atom stereocenters. The van der Waals surface area contributed by atoms with Gasteiger partial charge in [0.15, 0.2) is 12.5 Å². The standard InChI is InChI=1S/C34H52N4O17S/c1-18(41)38(32-28(48)27(47)30(22(16-40)53-32)55-33-29(49)26(46)25(45)21(15-39)54-33)11-5-12-56-13-10-35-23(42)9-8-20(31(50)36-14-24(43)44)37-34(51)52-17-19-6-3-2-4-7-19/h2-4,6-7,20-22,25-30,32-33,39-40,45-49H,5,8-17H2,1H3,(H,35,42)(H,36,50)(H,37,51)(H,43,44)/t20-,21+,22+,25+,26-,27+,28+,29+,30+,32+,33-/m0/s1. The smallest absolute Gasteiger partial charge is 0.408 e. The first-order valence-corrected chi connectivity index (χ1v) is 19.0. The molecule has 0 saturated carbocycles. The fourth-order valence-electron chi connectivity index (χ4n) is 5.82. The topological polar surface area (TPSA) is 323 Å². The van der Waals surface area contributed by atoms with Crippen LogP contribution in [0.1, 0.15) is 31.7 Å². The quantitative estimate of drug-likeness (QED) is 0.0526. The van der Waals surface area contributed by atoms with E-state index in [1.54, 1.807) is 30.3 Å². The van der Waals surface area contributed by atoms with E-state index in [0.29, 0.717) is 23.5 Å². The summed E-state index contributed by atoms with van der Waals surface area (Å²) in [5, 5.41) is 87.9. The van der Waals surface area contributed by atoms with Crippen LogP contribution in [0.25, 0.3) is 0 Å². The SMILES string of the molecule is CC(=O)N(CCCSCCNC(=O)CC[C@H](NC(=O)OCc1ccccc1)C(=O)NCC(=O)O)[C@@H]1O[C@H](CO)[C@@H](O[C@@H]2O[C@H](CO)[C@@H](O)[C@H](O)[C@H]2O)[C@H](O)[C@H]1O. The average molecular weight is 821 g/mol. The third-order valence-electron chi connectivity index (χ3n) is 8.84. The summed E-state index contributed by atoms with van der Waals surface area (Å²) < 4.78 is 21.8. The number of hydrogen-bond donors (Lipinski definition) is 11. The molecule has 2 heterocycles. The zero-order valence-electron chi connectivity index (χ0n) is 30.6. The van der Waals surface area contributed by atoms with Crippen molar-refractivity contribution in [2.24, 2.45) is 0 Å². The first-order valence-electron chi connectivity index (χ1n) is 17.8. The molecule has 0 spiro atoms. The molecule has 1 aromatic carbocycles. The number of rotatable bonds is 21. The Kier molecular flexibility index (Phi) is 19.6. The van der Waals surface area contributed by atoms with E-state index >= 15 is 0 Å². The lowest BCUT2D eigenvalue weighted by Crippen LogP contribution is -2.67. The highest BCUT2D eigenvalue weighted by molar-refractivity contribution is 7.99. The van der Waals surface area contributed by atoms with Gasteiger partial charge in [0.1, 0.15) is 68.0 Å². The molecule has 3 rings (SSSR count). The van der Waals surface area contributed by atoms with Crippen LogP contribution in [-0.4, -0.2) is 187 Å². The Balaban J connectivity index is 1.42. The second kappa shape index (κ2) is 23.5. The number of alkyl carbamates (subject to hydrolysis) is 1. The van der Waals surface area contributed by atoms with Crippen molar-refractivity contribution in [3.05, 3.63) is 35.9 Å². The summed E-state index contributed by atoms with van der Waals surface area (Å²) in [5.74, 6) is -2.11. The van der Waals surface area contributed by atoms with Crippen LogP contribution in [0.4, 0.5) is 4.79 Å². The van der Waals surface area contributed by atoms with E-state index in [9.17, 15) is 59.7 Å². The molecular weight excluding hydrogens is 768 g/mol. The van der Waals surface area contributed by atoms with Gasteiger partial charge in [-0.3, -0.25) is 19.2 Å². The second-order valence-electron chi connectivity index (χ2n) is 13.0. The van der Waals surface area contributed by atoms with E-state index in [1.807, 2.05) is 0 Å². The molecular formula is C34H52N4O17S. The van der Waals surface area contributed by atoms with Crippen LogP contribution < -0.4 is 16.0 Å². The lowest BCUT2D eigenvalue weighted by Gasteiger charge is -2.48. The molecule has 22 heteroatoms. The Morgan fingerprint density at radius 1 is 0.875 bits per heavy atom. The first kappa shape index (κ1) is 46.7. The van der Waals surface area contributed by atoms with E-state index in [-0.39, 0.29) is 32.5 Å². The number of carboxylic acid groups (broad SMARTS) is 1. The Hall–Kier alpha value is -3.68. The molecule has 2 fully saturated rings. The minimum absolute atomic E-state index is 0.0611. The van der Waals surface area contributed by atoms with Gasteiger partial charge in [-0.25, -0.2) is 4.79 Å². The van der Waals surface area contributed by atoms with Gasteiger partial charge >= 0.3 is 12.1 Å². The zero-order valence-corrected chi connectivity index (χ0v) is 31.4. The molecule has 4 amide bonds. The van der Waals surface area contributed by atoms with E-state index in [1.165, 1.54) is 18.7 Å². The highest BCUT2D eigenvalue weighted by atomic mass is 32.2. The summed E-state index contributed by atoms with van der Waals surface area (Å²) in [7, 11) is 0. The van der Waals surface area contributed by atoms with Crippen LogP contribution in [0, 0.1) is 0 Å². The average Bonchev–Trinajstić information content (AvgIpc) is 3.18. The van der Waals surface area contributed by atoms with Crippen molar-refractivity contribution in [1.82, 2.24) is 20.9 Å². The van der Waals surface area contributed by atoms with E-state index < -0.39 is 117 Å².